The Kier molecular flexibility index (Phi) is 5.92. The summed E-state index contributed by atoms with van der Waals surface area (Å²) in [6, 6.07) is 10.4. The van der Waals surface area contributed by atoms with Gasteiger partial charge in [0.15, 0.2) is 0 Å². The molecule has 1 saturated heterocycles. The second-order valence-corrected chi connectivity index (χ2v) is 9.98. The Hall–Kier alpha value is -3.88. The van der Waals surface area contributed by atoms with Gasteiger partial charge in [0, 0.05) is 44.1 Å². The van der Waals surface area contributed by atoms with E-state index in [0.717, 1.165) is 46.8 Å². The molecule has 5 rings (SSSR count). The molecule has 35 heavy (non-hydrogen) atoms. The lowest BCUT2D eigenvalue weighted by Crippen LogP contribution is -2.44. The van der Waals surface area contributed by atoms with Crippen molar-refractivity contribution in [3.8, 4) is 22.5 Å². The molecular formula is C26H31N7O2. The van der Waals surface area contributed by atoms with Gasteiger partial charge in [-0.15, -0.1) is 0 Å². The van der Waals surface area contributed by atoms with Gasteiger partial charge in [0.1, 0.15) is 17.1 Å². The van der Waals surface area contributed by atoms with E-state index in [1.165, 1.54) is 0 Å². The zero-order chi connectivity index (χ0) is 24.6. The predicted molar refractivity (Wildman–Crippen MR) is 135 cm³/mol. The van der Waals surface area contributed by atoms with Crippen molar-refractivity contribution in [2.24, 2.45) is 7.05 Å². The molecule has 1 amide bonds. The lowest BCUT2D eigenvalue weighted by molar-refractivity contribution is 0.0210. The third-order valence-electron chi connectivity index (χ3n) is 6.06. The van der Waals surface area contributed by atoms with Gasteiger partial charge in [-0.25, -0.2) is 14.8 Å². The number of nitrogens with one attached hydrogen (secondary N) is 1. The van der Waals surface area contributed by atoms with Crippen molar-refractivity contribution in [1.29, 1.82) is 0 Å². The molecule has 0 bridgehead atoms. The molecule has 0 saturated carbocycles. The Morgan fingerprint density at radius 3 is 2.63 bits per heavy atom. The van der Waals surface area contributed by atoms with Crippen LogP contribution in [0.5, 0.6) is 0 Å². The van der Waals surface area contributed by atoms with Crippen molar-refractivity contribution in [3.63, 3.8) is 0 Å². The zero-order valence-electron chi connectivity index (χ0n) is 20.6. The minimum atomic E-state index is -0.477. The van der Waals surface area contributed by atoms with E-state index in [1.54, 1.807) is 9.58 Å². The highest BCUT2D eigenvalue weighted by Gasteiger charge is 2.27. The first-order valence-electron chi connectivity index (χ1n) is 11.9. The van der Waals surface area contributed by atoms with Gasteiger partial charge in [-0.05, 0) is 63.4 Å². The molecular weight excluding hydrogens is 442 g/mol. The van der Waals surface area contributed by atoms with Crippen LogP contribution in [0.2, 0.25) is 0 Å². The third-order valence-corrected chi connectivity index (χ3v) is 6.06. The van der Waals surface area contributed by atoms with Crippen molar-refractivity contribution in [3.05, 3.63) is 55.1 Å². The van der Waals surface area contributed by atoms with E-state index >= 15 is 0 Å². The van der Waals surface area contributed by atoms with E-state index < -0.39 is 5.60 Å². The van der Waals surface area contributed by atoms with Gasteiger partial charge in [0.25, 0.3) is 0 Å². The van der Waals surface area contributed by atoms with Gasteiger partial charge in [-0.1, -0.05) is 6.07 Å². The smallest absolute Gasteiger partial charge is 0.410 e. The number of hydrogen-bond acceptors (Lipinski definition) is 6. The number of anilines is 1. The highest BCUT2D eigenvalue weighted by atomic mass is 16.6. The molecule has 182 valence electrons. The first kappa shape index (κ1) is 22.9. The molecule has 1 aliphatic heterocycles. The Morgan fingerprint density at radius 1 is 1.11 bits per heavy atom. The summed E-state index contributed by atoms with van der Waals surface area (Å²) in [7, 11) is 1.91. The summed E-state index contributed by atoms with van der Waals surface area (Å²) in [6.45, 7) is 7.00. The lowest BCUT2D eigenvalue weighted by atomic mass is 10.1. The molecule has 0 aromatic carbocycles. The number of carbonyl (C=O) groups is 1. The van der Waals surface area contributed by atoms with Crippen LogP contribution in [0.25, 0.3) is 28.2 Å². The van der Waals surface area contributed by atoms with E-state index in [1.807, 2.05) is 75.2 Å². The molecule has 0 unspecified atom stereocenters. The summed E-state index contributed by atoms with van der Waals surface area (Å²) in [6.07, 6.45) is 9.17. The molecule has 0 spiro atoms. The number of rotatable bonds is 4. The number of aryl methyl sites for hydroxylation is 1. The molecule has 5 heterocycles. The number of imidazole rings is 1. The normalized spacial score (nSPS) is 14.9. The number of aromatic nitrogens is 5. The number of carbonyl (C=O) groups excluding carboxylic acids is 1. The van der Waals surface area contributed by atoms with Crippen LogP contribution in [0, 0.1) is 0 Å². The third kappa shape index (κ3) is 5.13. The minimum absolute atomic E-state index is 0.240. The Bertz CT molecular complexity index is 1340. The van der Waals surface area contributed by atoms with Gasteiger partial charge < -0.3 is 15.0 Å². The van der Waals surface area contributed by atoms with Crippen LogP contribution in [0.3, 0.4) is 0 Å². The number of fused-ring (bicyclic) bond motifs is 1. The fourth-order valence-electron chi connectivity index (χ4n) is 4.32. The quantitative estimate of drug-likeness (QED) is 0.466. The average Bonchev–Trinajstić information content (AvgIpc) is 3.44. The van der Waals surface area contributed by atoms with Crippen LogP contribution >= 0.6 is 0 Å². The lowest BCUT2D eigenvalue weighted by Gasteiger charge is -2.33. The van der Waals surface area contributed by atoms with Crippen LogP contribution in [0.15, 0.2) is 55.1 Å². The first-order valence-corrected chi connectivity index (χ1v) is 11.9. The maximum Gasteiger partial charge on any atom is 0.410 e. The topological polar surface area (TPSA) is 89.6 Å². The second-order valence-electron chi connectivity index (χ2n) is 9.98. The van der Waals surface area contributed by atoms with E-state index in [-0.39, 0.29) is 12.1 Å². The average molecular weight is 474 g/mol. The number of nitrogens with zero attached hydrogens (tertiary/aromatic N) is 6. The van der Waals surface area contributed by atoms with Crippen LogP contribution in [0.4, 0.5) is 10.6 Å². The van der Waals surface area contributed by atoms with Crippen molar-refractivity contribution >= 4 is 17.6 Å². The first-order chi connectivity index (χ1) is 16.7. The van der Waals surface area contributed by atoms with Crippen LogP contribution < -0.4 is 5.32 Å². The molecule has 4 aromatic rings. The van der Waals surface area contributed by atoms with Gasteiger partial charge >= 0.3 is 6.09 Å². The van der Waals surface area contributed by atoms with E-state index in [0.29, 0.717) is 13.1 Å². The van der Waals surface area contributed by atoms with E-state index in [2.05, 4.69) is 27.5 Å². The highest BCUT2D eigenvalue weighted by Crippen LogP contribution is 2.25. The Balaban J connectivity index is 1.27. The molecule has 1 aliphatic rings. The summed E-state index contributed by atoms with van der Waals surface area (Å²) >= 11 is 0. The number of hydrogen-bond donors (Lipinski definition) is 1. The summed E-state index contributed by atoms with van der Waals surface area (Å²) < 4.78 is 9.34. The largest absolute Gasteiger partial charge is 0.444 e. The van der Waals surface area contributed by atoms with E-state index in [4.69, 9.17) is 9.72 Å². The Labute approximate surface area is 204 Å². The van der Waals surface area contributed by atoms with Crippen molar-refractivity contribution in [1.82, 2.24) is 29.0 Å². The number of amides is 1. The maximum absolute atomic E-state index is 12.3. The fraction of sp³-hybridized carbons (Fsp3) is 0.385. The molecule has 9 heteroatoms. The fourth-order valence-corrected chi connectivity index (χ4v) is 4.32. The predicted octanol–water partition coefficient (Wildman–Crippen LogP) is 4.61. The van der Waals surface area contributed by atoms with Gasteiger partial charge in [-0.2, -0.15) is 5.10 Å². The molecule has 1 fully saturated rings. The standard InChI is InChI=1S/C26H31N7O2/c1-26(2,3)35-25(34)32-11-9-20(10-12-32)29-23-7-5-6-21(30-23)22-16-27-24-14-18(8-13-33(22)24)19-15-28-31(4)17-19/h5-8,13-17,20H,9-12H2,1-4H3,(H,29,30). The summed E-state index contributed by atoms with van der Waals surface area (Å²) in [4.78, 5) is 23.6. The van der Waals surface area contributed by atoms with Gasteiger partial charge in [0.05, 0.1) is 23.8 Å². The SMILES string of the molecule is Cn1cc(-c2ccn3c(-c4cccc(NC5CCN(C(=O)OC(C)(C)C)CC5)n4)cnc3c2)cn1. The van der Waals surface area contributed by atoms with Crippen LogP contribution in [0.1, 0.15) is 33.6 Å². The molecule has 9 nitrogen and oxygen atoms in total. The minimum Gasteiger partial charge on any atom is -0.444 e. The molecule has 0 aliphatic carbocycles. The van der Waals surface area contributed by atoms with Crippen molar-refractivity contribution < 1.29 is 9.53 Å². The number of piperidine rings is 1. The summed E-state index contributed by atoms with van der Waals surface area (Å²) in [5.74, 6) is 0.820. The zero-order valence-corrected chi connectivity index (χ0v) is 20.6. The molecule has 4 aromatic heterocycles. The number of likely N-dealkylation sites (tertiary alicyclic amines) is 1. The number of ether oxygens (including phenoxy) is 1. The van der Waals surface area contributed by atoms with Crippen molar-refractivity contribution in [2.45, 2.75) is 45.3 Å². The molecule has 0 radical (unpaired) electrons. The Morgan fingerprint density at radius 2 is 1.91 bits per heavy atom. The van der Waals surface area contributed by atoms with Crippen LogP contribution in [-0.2, 0) is 11.8 Å². The molecule has 0 atom stereocenters. The monoisotopic (exact) mass is 473 g/mol. The van der Waals surface area contributed by atoms with Crippen LogP contribution in [-0.4, -0.2) is 59.9 Å². The second kappa shape index (κ2) is 9.05. The van der Waals surface area contributed by atoms with E-state index in [9.17, 15) is 4.79 Å². The van der Waals surface area contributed by atoms with Gasteiger partial charge in [-0.3, -0.25) is 9.08 Å². The number of pyridine rings is 2. The summed E-state index contributed by atoms with van der Waals surface area (Å²) in [5.41, 5.74) is 4.29. The molecule has 1 N–H and O–H groups in total. The van der Waals surface area contributed by atoms with Crippen molar-refractivity contribution in [2.75, 3.05) is 18.4 Å². The summed E-state index contributed by atoms with van der Waals surface area (Å²) in [5, 5.41) is 7.80. The maximum atomic E-state index is 12.3. The van der Waals surface area contributed by atoms with Gasteiger partial charge in [0.2, 0.25) is 0 Å². The highest BCUT2D eigenvalue weighted by molar-refractivity contribution is 5.70.